The molecule has 2 heterocycles. The first-order valence-electron chi connectivity index (χ1n) is 11.2. The van der Waals surface area contributed by atoms with Gasteiger partial charge in [-0.25, -0.2) is 9.37 Å². The van der Waals surface area contributed by atoms with E-state index < -0.39 is 9.77 Å². The van der Waals surface area contributed by atoms with Gasteiger partial charge in [0.05, 0.1) is 24.0 Å². The van der Waals surface area contributed by atoms with Crippen LogP contribution in [0.3, 0.4) is 0 Å². The van der Waals surface area contributed by atoms with Gasteiger partial charge in [-0.2, -0.15) is 5.10 Å². The van der Waals surface area contributed by atoms with E-state index in [0.717, 1.165) is 19.3 Å². The second-order valence-corrected chi connectivity index (χ2v) is 11.6. The zero-order valence-electron chi connectivity index (χ0n) is 19.3. The van der Waals surface area contributed by atoms with E-state index in [0.29, 0.717) is 34.8 Å². The molecule has 1 N–H and O–H groups in total. The molecule has 12 heteroatoms. The lowest BCUT2D eigenvalue weighted by molar-refractivity contribution is 0.170. The number of rotatable bonds is 7. The molecule has 1 aromatic carbocycles. The summed E-state index contributed by atoms with van der Waals surface area (Å²) >= 11 is 12.2. The highest BCUT2D eigenvalue weighted by Crippen LogP contribution is 2.35. The Morgan fingerprint density at radius 2 is 1.91 bits per heavy atom. The van der Waals surface area contributed by atoms with E-state index in [1.54, 1.807) is 30.5 Å². The zero-order chi connectivity index (χ0) is 25.2. The molecule has 0 aliphatic heterocycles. The maximum Gasteiger partial charge on any atom is 0.243 e. The number of halogens is 1. The lowest BCUT2D eigenvalue weighted by Gasteiger charge is -2.37. The number of aromatic hydroxyl groups is 1. The number of phenols is 1. The Balaban J connectivity index is 1.52. The van der Waals surface area contributed by atoms with Crippen LogP contribution < -0.4 is 9.64 Å². The van der Waals surface area contributed by atoms with Crippen molar-refractivity contribution in [3.63, 3.8) is 0 Å². The summed E-state index contributed by atoms with van der Waals surface area (Å²) in [4.78, 5) is 6.21. The number of ether oxygens (including phenoxy) is 1. The molecule has 1 saturated carbocycles. The molecule has 0 unspecified atom stereocenters. The van der Waals surface area contributed by atoms with Gasteiger partial charge in [-0.3, -0.25) is 0 Å². The Morgan fingerprint density at radius 1 is 1.11 bits per heavy atom. The third-order valence-electron chi connectivity index (χ3n) is 6.27. The molecule has 3 aromatic rings. The van der Waals surface area contributed by atoms with Crippen LogP contribution in [0.25, 0.3) is 22.5 Å². The number of nitrogens with zero attached hydrogens (tertiary/aromatic N) is 6. The topological polar surface area (TPSA) is 97.2 Å². The first kappa shape index (κ1) is 25.8. The van der Waals surface area contributed by atoms with Crippen LogP contribution in [0.2, 0.25) is 0 Å². The van der Waals surface area contributed by atoms with Crippen molar-refractivity contribution in [2.45, 2.75) is 48.4 Å². The van der Waals surface area contributed by atoms with E-state index in [4.69, 9.17) is 4.74 Å². The van der Waals surface area contributed by atoms with Crippen molar-refractivity contribution in [1.29, 1.82) is 0 Å². The molecule has 8 nitrogen and oxygen atoms in total. The maximum absolute atomic E-state index is 14.6. The molecule has 0 saturated heterocycles. The number of thiol groups is 3. The van der Waals surface area contributed by atoms with Gasteiger partial charge in [0, 0.05) is 18.7 Å². The minimum absolute atomic E-state index is 0.0292. The molecule has 186 valence electrons. The summed E-state index contributed by atoms with van der Waals surface area (Å²) < 4.78 is 18.7. The molecular formula is C23H27FN6O2S3. The summed E-state index contributed by atoms with van der Waals surface area (Å²) in [5.74, 6) is 1.42. The summed E-state index contributed by atoms with van der Waals surface area (Å²) in [5, 5.41) is 26.9. The Hall–Kier alpha value is -2.31. The van der Waals surface area contributed by atoms with Gasteiger partial charge < -0.3 is 14.7 Å². The maximum atomic E-state index is 14.6. The number of aromatic nitrogens is 5. The van der Waals surface area contributed by atoms with Gasteiger partial charge in [-0.05, 0) is 42.9 Å². The number of alkyl halides is 1. The lowest BCUT2D eigenvalue weighted by atomic mass is 9.82. The van der Waals surface area contributed by atoms with E-state index in [2.05, 4.69) is 70.2 Å². The fourth-order valence-corrected chi connectivity index (χ4v) is 4.57. The summed E-state index contributed by atoms with van der Waals surface area (Å²) in [5.41, 5.74) is 1.75. The molecule has 0 bridgehead atoms. The zero-order valence-corrected chi connectivity index (χ0v) is 22.0. The van der Waals surface area contributed by atoms with Gasteiger partial charge in [-0.15, -0.1) is 53.2 Å². The SMILES string of the molecule is CC[C@@H]1CC[C@H](F)[C@H](N(C)c2cnc(-c3ccc(-c4cnnc(OC(S)(S)S)c4)cc3O)nn2)C1. The molecule has 0 amide bonds. The van der Waals surface area contributed by atoms with Gasteiger partial charge in [0.25, 0.3) is 0 Å². The lowest BCUT2D eigenvalue weighted by Crippen LogP contribution is -2.44. The molecule has 1 fully saturated rings. The average molecular weight is 535 g/mol. The summed E-state index contributed by atoms with van der Waals surface area (Å²) in [7, 11) is 1.83. The number of benzene rings is 1. The molecule has 1 aliphatic rings. The highest BCUT2D eigenvalue weighted by Gasteiger charge is 2.33. The second kappa shape index (κ2) is 10.8. The number of hydrogen-bond donors (Lipinski definition) is 4. The first-order valence-corrected chi connectivity index (χ1v) is 12.6. The normalized spacial score (nSPS) is 20.5. The third-order valence-corrected chi connectivity index (χ3v) is 6.55. The van der Waals surface area contributed by atoms with Gasteiger partial charge >= 0.3 is 0 Å². The number of anilines is 1. The Labute approximate surface area is 220 Å². The third kappa shape index (κ3) is 6.28. The molecule has 0 radical (unpaired) electrons. The molecular weight excluding hydrogens is 507 g/mol. The van der Waals surface area contributed by atoms with Gasteiger partial charge in [0.2, 0.25) is 9.48 Å². The molecule has 0 spiro atoms. The Kier molecular flexibility index (Phi) is 7.92. The van der Waals surface area contributed by atoms with E-state index >= 15 is 0 Å². The summed E-state index contributed by atoms with van der Waals surface area (Å²) in [6, 6.07) is 6.43. The smallest absolute Gasteiger partial charge is 0.243 e. The monoisotopic (exact) mass is 534 g/mol. The molecule has 4 rings (SSSR count). The van der Waals surface area contributed by atoms with Gasteiger partial charge in [-0.1, -0.05) is 19.4 Å². The van der Waals surface area contributed by atoms with Crippen molar-refractivity contribution in [2.75, 3.05) is 11.9 Å². The highest BCUT2D eigenvalue weighted by molar-refractivity contribution is 8.16. The molecule has 3 atom stereocenters. The van der Waals surface area contributed by atoms with Crippen molar-refractivity contribution in [1.82, 2.24) is 25.4 Å². The Morgan fingerprint density at radius 3 is 2.57 bits per heavy atom. The van der Waals surface area contributed by atoms with E-state index in [1.165, 1.54) is 6.20 Å². The largest absolute Gasteiger partial charge is 0.507 e. The van der Waals surface area contributed by atoms with Crippen LogP contribution >= 0.6 is 37.9 Å². The van der Waals surface area contributed by atoms with Crippen LogP contribution in [0.1, 0.15) is 32.6 Å². The van der Waals surface area contributed by atoms with Crippen LogP contribution in [0.15, 0.2) is 36.7 Å². The number of hydrogen-bond acceptors (Lipinski definition) is 11. The quantitative estimate of drug-likeness (QED) is 0.253. The minimum Gasteiger partial charge on any atom is -0.507 e. The van der Waals surface area contributed by atoms with Crippen LogP contribution in [-0.2, 0) is 0 Å². The summed E-state index contributed by atoms with van der Waals surface area (Å²) in [6.45, 7) is 2.14. The van der Waals surface area contributed by atoms with Crippen molar-refractivity contribution in [2.24, 2.45) is 5.92 Å². The van der Waals surface area contributed by atoms with E-state index in [9.17, 15) is 9.50 Å². The molecule has 2 aromatic heterocycles. The van der Waals surface area contributed by atoms with E-state index in [-0.39, 0.29) is 23.5 Å². The highest BCUT2D eigenvalue weighted by atomic mass is 32.2. The first-order chi connectivity index (χ1) is 16.6. The van der Waals surface area contributed by atoms with Crippen molar-refractivity contribution < 1.29 is 14.2 Å². The van der Waals surface area contributed by atoms with Crippen molar-refractivity contribution in [3.05, 3.63) is 36.7 Å². The summed E-state index contributed by atoms with van der Waals surface area (Å²) in [6.07, 6.45) is 5.50. The second-order valence-electron chi connectivity index (χ2n) is 8.61. The van der Waals surface area contributed by atoms with E-state index in [1.807, 2.05) is 11.9 Å². The Bertz CT molecular complexity index is 1160. The van der Waals surface area contributed by atoms with Crippen LogP contribution in [0, 0.1) is 5.92 Å². The minimum atomic E-state index is -1.32. The predicted octanol–water partition coefficient (Wildman–Crippen LogP) is 4.83. The number of phenolic OH excluding ortho intramolecular Hbond substituents is 1. The standard InChI is InChI=1S/C23H27FN6O2S3/c1-3-13-4-7-17(24)18(8-13)30(2)20-12-25-22(29-27-20)16-6-5-14(9-19(16)31)15-10-21(28-26-11-15)32-23(33,34)35/h5-6,9-13,17-18,31,33-35H,3-4,7-8H2,1-2H3/t13-,17+,18-/m1/s1. The molecule has 1 aliphatic carbocycles. The molecule has 35 heavy (non-hydrogen) atoms. The van der Waals surface area contributed by atoms with Crippen molar-refractivity contribution >= 4 is 43.7 Å². The van der Waals surface area contributed by atoms with Crippen molar-refractivity contribution in [3.8, 4) is 34.1 Å². The predicted molar refractivity (Wildman–Crippen MR) is 143 cm³/mol. The fraction of sp³-hybridized carbons (Fsp3) is 0.435. The van der Waals surface area contributed by atoms with Crippen LogP contribution in [0.4, 0.5) is 10.2 Å². The van der Waals surface area contributed by atoms with Crippen LogP contribution in [-0.4, -0.2) is 53.3 Å². The average Bonchev–Trinajstić information content (AvgIpc) is 2.83. The van der Waals surface area contributed by atoms with Gasteiger partial charge in [0.1, 0.15) is 11.9 Å². The fourth-order valence-electron chi connectivity index (χ4n) is 4.29. The van der Waals surface area contributed by atoms with Gasteiger partial charge in [0.15, 0.2) is 11.6 Å². The van der Waals surface area contributed by atoms with Crippen LogP contribution in [0.5, 0.6) is 11.6 Å².